The fraction of sp³-hybridized carbons (Fsp3) is 0.143. The highest BCUT2D eigenvalue weighted by atomic mass is 35.5. The molecular formula is C28H25Cl2N3O3. The zero-order valence-electron chi connectivity index (χ0n) is 20.0. The number of hydrogen-bond donors (Lipinski definition) is 3. The van der Waals surface area contributed by atoms with Gasteiger partial charge in [0.05, 0.1) is 34.4 Å². The number of hydrogen-bond acceptors (Lipinski definition) is 4. The summed E-state index contributed by atoms with van der Waals surface area (Å²) in [5.74, 6) is -0.956. The van der Waals surface area contributed by atoms with Crippen molar-refractivity contribution in [3.8, 4) is 5.75 Å². The van der Waals surface area contributed by atoms with Gasteiger partial charge in [0, 0.05) is 28.1 Å². The molecule has 0 spiro atoms. The molecule has 36 heavy (non-hydrogen) atoms. The molecule has 0 fully saturated rings. The van der Waals surface area contributed by atoms with Crippen molar-refractivity contribution in [1.29, 1.82) is 0 Å². The maximum atomic E-state index is 13.7. The summed E-state index contributed by atoms with van der Waals surface area (Å²) < 4.78 is 5.63. The zero-order chi connectivity index (χ0) is 25.8. The Morgan fingerprint density at radius 3 is 1.67 bits per heavy atom. The Kier molecular flexibility index (Phi) is 7.67. The number of rotatable bonds is 6. The van der Waals surface area contributed by atoms with Crippen LogP contribution in [0.3, 0.4) is 0 Å². The molecule has 0 saturated carbocycles. The molecule has 0 aliphatic carbocycles. The predicted molar refractivity (Wildman–Crippen MR) is 144 cm³/mol. The largest absolute Gasteiger partial charge is 0.496 e. The molecule has 3 aromatic carbocycles. The van der Waals surface area contributed by atoms with Gasteiger partial charge in [-0.3, -0.25) is 9.59 Å². The number of halogens is 2. The number of benzene rings is 3. The number of ether oxygens (including phenoxy) is 1. The van der Waals surface area contributed by atoms with E-state index in [2.05, 4.69) is 16.0 Å². The number of carbonyl (C=O) groups is 2. The van der Waals surface area contributed by atoms with Crippen molar-refractivity contribution in [2.45, 2.75) is 19.8 Å². The molecule has 0 radical (unpaired) electrons. The number of dihydropyridines is 1. The third kappa shape index (κ3) is 5.10. The molecule has 0 saturated heterocycles. The van der Waals surface area contributed by atoms with E-state index in [0.29, 0.717) is 55.3 Å². The van der Waals surface area contributed by atoms with E-state index in [1.165, 1.54) is 0 Å². The average molecular weight is 522 g/mol. The highest BCUT2D eigenvalue weighted by molar-refractivity contribution is 6.34. The maximum Gasteiger partial charge on any atom is 0.254 e. The average Bonchev–Trinajstić information content (AvgIpc) is 2.86. The van der Waals surface area contributed by atoms with Gasteiger partial charge in [-0.1, -0.05) is 65.7 Å². The zero-order valence-corrected chi connectivity index (χ0v) is 21.5. The molecule has 1 heterocycles. The molecule has 3 aromatic rings. The minimum Gasteiger partial charge on any atom is -0.496 e. The third-order valence-electron chi connectivity index (χ3n) is 5.94. The minimum absolute atomic E-state index is 0.370. The van der Waals surface area contributed by atoms with Crippen LogP contribution >= 0.6 is 23.2 Å². The second kappa shape index (κ2) is 10.9. The van der Waals surface area contributed by atoms with E-state index < -0.39 is 5.92 Å². The van der Waals surface area contributed by atoms with Gasteiger partial charge in [0.2, 0.25) is 0 Å². The fourth-order valence-corrected chi connectivity index (χ4v) is 4.68. The van der Waals surface area contributed by atoms with Crippen LogP contribution in [0.1, 0.15) is 25.3 Å². The lowest BCUT2D eigenvalue weighted by atomic mass is 9.79. The summed E-state index contributed by atoms with van der Waals surface area (Å²) in [6.07, 6.45) is 0. The molecule has 3 N–H and O–H groups in total. The minimum atomic E-state index is -0.729. The summed E-state index contributed by atoms with van der Waals surface area (Å²) in [5, 5.41) is 9.82. The van der Waals surface area contributed by atoms with Crippen LogP contribution in [0.25, 0.3) is 0 Å². The fourth-order valence-electron chi connectivity index (χ4n) is 4.32. The Hall–Kier alpha value is -3.74. The Morgan fingerprint density at radius 1 is 0.750 bits per heavy atom. The summed E-state index contributed by atoms with van der Waals surface area (Å²) >= 11 is 12.6. The molecule has 184 valence electrons. The van der Waals surface area contributed by atoms with Crippen LogP contribution in [0, 0.1) is 0 Å². The quantitative estimate of drug-likeness (QED) is 0.345. The number of methoxy groups -OCH3 is 1. The molecule has 0 bridgehead atoms. The van der Waals surface area contributed by atoms with Crippen molar-refractivity contribution >= 4 is 46.4 Å². The first-order chi connectivity index (χ1) is 17.3. The Balaban J connectivity index is 1.82. The first kappa shape index (κ1) is 25.4. The monoisotopic (exact) mass is 521 g/mol. The van der Waals surface area contributed by atoms with E-state index in [0.717, 1.165) is 0 Å². The van der Waals surface area contributed by atoms with E-state index >= 15 is 0 Å². The van der Waals surface area contributed by atoms with Gasteiger partial charge >= 0.3 is 0 Å². The van der Waals surface area contributed by atoms with Crippen molar-refractivity contribution in [3.05, 3.63) is 111 Å². The van der Waals surface area contributed by atoms with Gasteiger partial charge < -0.3 is 20.7 Å². The van der Waals surface area contributed by atoms with Crippen LogP contribution in [0.5, 0.6) is 5.75 Å². The molecule has 1 aliphatic rings. The first-order valence-corrected chi connectivity index (χ1v) is 12.0. The van der Waals surface area contributed by atoms with Crippen molar-refractivity contribution < 1.29 is 14.3 Å². The summed E-state index contributed by atoms with van der Waals surface area (Å²) in [5.41, 5.74) is 3.58. The molecule has 0 aromatic heterocycles. The lowest BCUT2D eigenvalue weighted by Crippen LogP contribution is -2.35. The smallest absolute Gasteiger partial charge is 0.254 e. The Morgan fingerprint density at radius 2 is 1.19 bits per heavy atom. The molecule has 8 heteroatoms. The molecule has 2 amide bonds. The number of carbonyl (C=O) groups excluding carboxylic acids is 2. The number of para-hydroxylation sites is 3. The molecule has 6 nitrogen and oxygen atoms in total. The van der Waals surface area contributed by atoms with E-state index in [-0.39, 0.29) is 11.8 Å². The van der Waals surface area contributed by atoms with Crippen LogP contribution in [0.2, 0.25) is 10.0 Å². The van der Waals surface area contributed by atoms with Gasteiger partial charge in [-0.05, 0) is 44.2 Å². The van der Waals surface area contributed by atoms with E-state index in [4.69, 9.17) is 27.9 Å². The summed E-state index contributed by atoms with van der Waals surface area (Å²) in [6.45, 7) is 3.60. The molecular weight excluding hydrogens is 497 g/mol. The van der Waals surface area contributed by atoms with Gasteiger partial charge in [-0.2, -0.15) is 0 Å². The van der Waals surface area contributed by atoms with Gasteiger partial charge in [0.1, 0.15) is 5.75 Å². The number of allylic oxidation sites excluding steroid dienone is 2. The lowest BCUT2D eigenvalue weighted by molar-refractivity contribution is -0.113. The first-order valence-electron chi connectivity index (χ1n) is 11.2. The number of amides is 2. The van der Waals surface area contributed by atoms with Crippen molar-refractivity contribution in [1.82, 2.24) is 5.32 Å². The SMILES string of the molecule is COc1ccccc1C1C(C(=O)Nc2ccccc2Cl)=C(C)NC(C)=C1C(=O)Nc1ccccc1Cl. The van der Waals surface area contributed by atoms with E-state index in [9.17, 15) is 9.59 Å². The molecule has 0 unspecified atom stereocenters. The van der Waals surface area contributed by atoms with Crippen molar-refractivity contribution in [3.63, 3.8) is 0 Å². The van der Waals surface area contributed by atoms with E-state index in [1.54, 1.807) is 75.6 Å². The maximum absolute atomic E-state index is 13.7. The highest BCUT2D eigenvalue weighted by Crippen LogP contribution is 2.43. The highest BCUT2D eigenvalue weighted by Gasteiger charge is 2.38. The Bertz CT molecular complexity index is 1320. The summed E-state index contributed by atoms with van der Waals surface area (Å²) in [4.78, 5) is 27.4. The lowest BCUT2D eigenvalue weighted by Gasteiger charge is -2.32. The van der Waals surface area contributed by atoms with Crippen LogP contribution in [-0.2, 0) is 9.59 Å². The summed E-state index contributed by atoms with van der Waals surface area (Å²) in [7, 11) is 1.56. The van der Waals surface area contributed by atoms with Gasteiger partial charge in [-0.15, -0.1) is 0 Å². The third-order valence-corrected chi connectivity index (χ3v) is 6.60. The van der Waals surface area contributed by atoms with Gasteiger partial charge in [0.25, 0.3) is 11.8 Å². The second-order valence-corrected chi connectivity index (χ2v) is 9.06. The van der Waals surface area contributed by atoms with Gasteiger partial charge in [-0.25, -0.2) is 0 Å². The van der Waals surface area contributed by atoms with Crippen molar-refractivity contribution in [2.24, 2.45) is 0 Å². The standard InChI is InChI=1S/C28H25Cl2N3O3/c1-16-24(27(34)32-21-13-7-5-11-19(21)29)26(18-10-4-9-15-23(18)36-3)25(17(2)31-16)28(35)33-22-14-8-6-12-20(22)30/h4-15,26,31H,1-3H3,(H,32,34)(H,33,35). The van der Waals surface area contributed by atoms with Crippen LogP contribution < -0.4 is 20.7 Å². The summed E-state index contributed by atoms with van der Waals surface area (Å²) in [6, 6.07) is 21.3. The van der Waals surface area contributed by atoms with Crippen LogP contribution in [0.15, 0.2) is 95.3 Å². The molecule has 1 aliphatic heterocycles. The van der Waals surface area contributed by atoms with E-state index in [1.807, 2.05) is 18.2 Å². The topological polar surface area (TPSA) is 79.5 Å². The number of nitrogens with one attached hydrogen (secondary N) is 3. The normalized spacial score (nSPS) is 13.8. The molecule has 4 rings (SSSR count). The van der Waals surface area contributed by atoms with Gasteiger partial charge in [0.15, 0.2) is 0 Å². The van der Waals surface area contributed by atoms with Crippen molar-refractivity contribution in [2.75, 3.05) is 17.7 Å². The molecule has 0 atom stereocenters. The van der Waals surface area contributed by atoms with Crippen LogP contribution in [-0.4, -0.2) is 18.9 Å². The predicted octanol–water partition coefficient (Wildman–Crippen LogP) is 6.51. The Labute approximate surface area is 220 Å². The second-order valence-electron chi connectivity index (χ2n) is 8.25. The van der Waals surface area contributed by atoms with Crippen LogP contribution in [0.4, 0.5) is 11.4 Å². The number of anilines is 2.